The number of hydrogen-bond acceptors (Lipinski definition) is 18. The van der Waals surface area contributed by atoms with Gasteiger partial charge >= 0.3 is 11.9 Å². The van der Waals surface area contributed by atoms with Gasteiger partial charge in [0.2, 0.25) is 11.8 Å². The number of aliphatic hydroxyl groups excluding tert-OH is 10. The molecule has 0 unspecified atom stereocenters. The second-order valence-corrected chi connectivity index (χ2v) is 21.8. The van der Waals surface area contributed by atoms with Crippen molar-refractivity contribution in [2.24, 2.45) is 0 Å². The Bertz CT molecular complexity index is 1550. The van der Waals surface area contributed by atoms with E-state index in [1.165, 1.54) is 127 Å². The van der Waals surface area contributed by atoms with Crippen molar-refractivity contribution < 1.29 is 89.3 Å². The maximum Gasteiger partial charge on any atom is 0.328 e. The first-order valence-electron chi connectivity index (χ1n) is 31.1. The molecule has 0 heterocycles. The first-order valence-corrected chi connectivity index (χ1v) is 31.1. The van der Waals surface area contributed by atoms with Crippen molar-refractivity contribution in [3.8, 4) is 0 Å². The topological polar surface area (TPSA) is 363 Å². The molecule has 0 spiro atoms. The summed E-state index contributed by atoms with van der Waals surface area (Å²) in [6.07, 6.45) is 15.5. The van der Waals surface area contributed by atoms with Gasteiger partial charge in [0.1, 0.15) is 42.7 Å². The third-order valence-electron chi connectivity index (χ3n) is 14.5. The van der Waals surface area contributed by atoms with Crippen LogP contribution in [0.1, 0.15) is 232 Å². The average molecular weight is 1170 g/mol. The highest BCUT2D eigenvalue weighted by atomic mass is 16.5. The fraction of sp³-hybridized carbons (Fsp3) is 0.898. The molecule has 0 aromatic rings. The Kier molecular flexibility index (Phi) is 49.7. The first kappa shape index (κ1) is 77.4. The molecule has 0 bridgehead atoms. The number of nitrogens with one attached hydrogen (secondary N) is 3. The van der Waals surface area contributed by atoms with Crippen LogP contribution in [0.2, 0.25) is 0 Å². The second-order valence-electron chi connectivity index (χ2n) is 21.8. The number of aliphatic hydroxyl groups is 10. The van der Waals surface area contributed by atoms with E-state index >= 15 is 0 Å². The van der Waals surface area contributed by atoms with Crippen LogP contribution in [0.4, 0.5) is 0 Å². The van der Waals surface area contributed by atoms with E-state index in [1.807, 2.05) is 0 Å². The normalized spacial score (nSPS) is 14.9. The molecule has 0 radical (unpaired) electrons. The van der Waals surface area contributed by atoms with E-state index in [0.29, 0.717) is 12.8 Å². The molecule has 0 aromatic carbocycles. The molecule has 0 saturated carbocycles. The molecule has 0 aromatic heterocycles. The lowest BCUT2D eigenvalue weighted by Gasteiger charge is -2.26. The Labute approximate surface area is 483 Å². The Balaban J connectivity index is 5.53. The number of amides is 4. The van der Waals surface area contributed by atoms with Gasteiger partial charge in [-0.2, -0.15) is 0 Å². The second kappa shape index (κ2) is 52.0. The summed E-state index contributed by atoms with van der Waals surface area (Å²) in [6, 6.07) is -1.21. The van der Waals surface area contributed by atoms with Crippen molar-refractivity contribution in [3.63, 3.8) is 0 Å². The van der Waals surface area contributed by atoms with Crippen LogP contribution in [0, 0.1) is 0 Å². The number of carbonyl (C=O) groups is 6. The van der Waals surface area contributed by atoms with Crippen LogP contribution in [-0.4, -0.2) is 199 Å². The van der Waals surface area contributed by atoms with Crippen molar-refractivity contribution >= 4 is 35.6 Å². The fourth-order valence-corrected chi connectivity index (χ4v) is 9.17. The van der Waals surface area contributed by atoms with Crippen LogP contribution in [0.15, 0.2) is 0 Å². The number of hydrogen-bond donors (Lipinski definition) is 13. The number of ether oxygens (including phenoxy) is 2. The van der Waals surface area contributed by atoms with Gasteiger partial charge < -0.3 is 81.4 Å². The Morgan fingerprint density at radius 2 is 0.765 bits per heavy atom. The summed E-state index contributed by atoms with van der Waals surface area (Å²) in [7, 11) is 0. The highest BCUT2D eigenvalue weighted by Crippen LogP contribution is 2.16. The van der Waals surface area contributed by atoms with Gasteiger partial charge in [0.05, 0.1) is 26.4 Å². The van der Waals surface area contributed by atoms with Crippen LogP contribution in [0.25, 0.3) is 0 Å². The minimum absolute atomic E-state index is 0.0410. The van der Waals surface area contributed by atoms with E-state index in [4.69, 9.17) is 19.7 Å². The third-order valence-corrected chi connectivity index (χ3v) is 14.5. The monoisotopic (exact) mass is 1160 g/mol. The van der Waals surface area contributed by atoms with Gasteiger partial charge in [-0.1, -0.05) is 181 Å². The number of nitrogens with zero attached hydrogens (tertiary/aromatic N) is 1. The highest BCUT2D eigenvalue weighted by molar-refractivity contribution is 5.88. The molecule has 9 atom stereocenters. The summed E-state index contributed by atoms with van der Waals surface area (Å²) >= 11 is 0. The maximum absolute atomic E-state index is 13.6. The van der Waals surface area contributed by atoms with Crippen molar-refractivity contribution in [1.29, 1.82) is 0 Å². The summed E-state index contributed by atoms with van der Waals surface area (Å²) in [6.45, 7) is 2.42. The summed E-state index contributed by atoms with van der Waals surface area (Å²) in [5.74, 6) is -4.75. The summed E-state index contributed by atoms with van der Waals surface area (Å²) < 4.78 is 11.1. The van der Waals surface area contributed by atoms with Crippen molar-refractivity contribution in [3.05, 3.63) is 0 Å². The SMILES string of the molecule is CCCCCCCCCCCCCCCCOC(=O)CC[C@H](NC(=O)CCC(=O)N(CCCNC(=O)[C@H](O)[C@@H](O)[C@H](O)[C@H](O)CO)CCCNC(=O)[C@H](O)[C@@H](O)[C@H](O)[C@H](O)CO)C(=O)OCCCCCCCCCCCCCCCC. The first-order chi connectivity index (χ1) is 39.0. The minimum Gasteiger partial charge on any atom is -0.466 e. The lowest BCUT2D eigenvalue weighted by Crippen LogP contribution is -2.52. The Morgan fingerprint density at radius 1 is 0.420 bits per heavy atom. The number of rotatable bonds is 56. The predicted octanol–water partition coefficient (Wildman–Crippen LogP) is 3.79. The van der Waals surface area contributed by atoms with E-state index in [9.17, 15) is 69.6 Å². The van der Waals surface area contributed by atoms with Crippen LogP contribution >= 0.6 is 0 Å². The minimum atomic E-state index is -2.20. The van der Waals surface area contributed by atoms with Gasteiger partial charge in [-0.05, 0) is 32.1 Å². The van der Waals surface area contributed by atoms with E-state index in [2.05, 4.69) is 29.8 Å². The maximum atomic E-state index is 13.6. The predicted molar refractivity (Wildman–Crippen MR) is 307 cm³/mol. The molecule has 22 heteroatoms. The number of esters is 2. The van der Waals surface area contributed by atoms with Gasteiger partial charge in [-0.25, -0.2) is 4.79 Å². The van der Waals surface area contributed by atoms with Gasteiger partial charge in [0.25, 0.3) is 11.8 Å². The molecule has 4 amide bonds. The van der Waals surface area contributed by atoms with Crippen molar-refractivity contribution in [2.45, 2.75) is 287 Å². The molecule has 0 fully saturated rings. The van der Waals surface area contributed by atoms with E-state index < -0.39 is 110 Å². The smallest absolute Gasteiger partial charge is 0.328 e. The van der Waals surface area contributed by atoms with E-state index in [-0.39, 0.29) is 71.5 Å². The molecule has 81 heavy (non-hydrogen) atoms. The molecule has 0 saturated heterocycles. The molecule has 476 valence electrons. The summed E-state index contributed by atoms with van der Waals surface area (Å²) in [4.78, 5) is 79.6. The zero-order valence-corrected chi connectivity index (χ0v) is 49.6. The largest absolute Gasteiger partial charge is 0.466 e. The summed E-state index contributed by atoms with van der Waals surface area (Å²) in [5, 5.41) is 105. The van der Waals surface area contributed by atoms with Gasteiger partial charge in [0.15, 0.2) is 12.2 Å². The molecule has 0 aliphatic rings. The molecule has 0 aliphatic carbocycles. The lowest BCUT2D eigenvalue weighted by atomic mass is 10.0. The third kappa shape index (κ3) is 40.3. The lowest BCUT2D eigenvalue weighted by molar-refractivity contribution is -0.150. The van der Waals surface area contributed by atoms with E-state index in [0.717, 1.165) is 44.9 Å². The van der Waals surface area contributed by atoms with Crippen LogP contribution < -0.4 is 16.0 Å². The summed E-state index contributed by atoms with van der Waals surface area (Å²) in [5.41, 5.74) is 0. The van der Waals surface area contributed by atoms with Crippen LogP contribution in [-0.2, 0) is 38.2 Å². The standard InChI is InChI=1S/C59H112N4O18/c1-3-5-7-9-11-13-15-17-19-21-23-25-27-29-41-80-50(70)36-33-45(59(79)81-42-30-28-26-24-22-20-18-16-14-12-10-8-6-4-2)62-48(68)34-35-49(69)63(39-31-37-60-57(77)55(75)53(73)51(71)46(66)43-64)40-32-38-61-58(78)56(76)54(74)52(72)47(67)44-65/h45-47,51-56,64-67,71-76H,3-44H2,1-2H3,(H,60,77)(H,61,78)(H,62,68)/t45-,46+,47+,51+,52+,53-,54-,55+,56+/m0/s1. The van der Waals surface area contributed by atoms with Crippen LogP contribution in [0.5, 0.6) is 0 Å². The van der Waals surface area contributed by atoms with Crippen molar-refractivity contribution in [1.82, 2.24) is 20.9 Å². The molecule has 13 N–H and O–H groups in total. The van der Waals surface area contributed by atoms with Gasteiger partial charge in [-0.15, -0.1) is 0 Å². The van der Waals surface area contributed by atoms with Crippen molar-refractivity contribution in [2.75, 3.05) is 52.6 Å². The Morgan fingerprint density at radius 3 is 1.12 bits per heavy atom. The number of carbonyl (C=O) groups excluding carboxylic acids is 6. The molecular formula is C59H112N4O18. The fourth-order valence-electron chi connectivity index (χ4n) is 9.17. The molecular weight excluding hydrogens is 1050 g/mol. The zero-order chi connectivity index (χ0) is 60.5. The quantitative estimate of drug-likeness (QED) is 0.0304. The average Bonchev–Trinajstić information content (AvgIpc) is 3.47. The van der Waals surface area contributed by atoms with Gasteiger partial charge in [-0.3, -0.25) is 24.0 Å². The van der Waals surface area contributed by atoms with Crippen LogP contribution in [0.3, 0.4) is 0 Å². The molecule has 0 rings (SSSR count). The zero-order valence-electron chi connectivity index (χ0n) is 49.6. The highest BCUT2D eigenvalue weighted by Gasteiger charge is 2.35. The molecule has 22 nitrogen and oxygen atoms in total. The van der Waals surface area contributed by atoms with Gasteiger partial charge in [0, 0.05) is 45.4 Å². The number of unbranched alkanes of at least 4 members (excludes halogenated alkanes) is 26. The Hall–Kier alpha value is -3.58. The van der Waals surface area contributed by atoms with E-state index in [1.54, 1.807) is 0 Å². The molecule has 0 aliphatic heterocycles.